The molecule has 5 aromatic rings. The van der Waals surface area contributed by atoms with Crippen molar-refractivity contribution in [3.63, 3.8) is 0 Å². The van der Waals surface area contributed by atoms with Crippen molar-refractivity contribution in [1.82, 2.24) is 13.9 Å². The lowest BCUT2D eigenvalue weighted by atomic mass is 10.0. The molecule has 5 rings (SSSR count). The van der Waals surface area contributed by atoms with E-state index >= 15 is 0 Å². The molecule has 0 fully saturated rings. The number of nitrogens with zero attached hydrogens (tertiary/aromatic N) is 3. The minimum atomic E-state index is -2.51. The van der Waals surface area contributed by atoms with Crippen molar-refractivity contribution in [3.8, 4) is 11.1 Å². The molecule has 0 aliphatic carbocycles. The standard InChI is InChI=1S/C23H16N4O4S2/c28-23(29)15-4-1-2-6-19(15)26-21-16-10-13(7-8-18(16)25-11-20(21)32)17-12-27(33(30)31)22-14(17)5-3-9-24-22/h1-12,32H,(H,25,26)(H,28,29)(H,30,31)/p-1. The number of carboxylic acids is 1. The predicted octanol–water partition coefficient (Wildman–Crippen LogP) is 4.62. The Labute approximate surface area is 195 Å². The quantitative estimate of drug-likeness (QED) is 0.250. The number of fused-ring (bicyclic) bond motifs is 2. The molecule has 1 atom stereocenters. The van der Waals surface area contributed by atoms with Crippen LogP contribution in [0.1, 0.15) is 10.4 Å². The molecule has 2 N–H and O–H groups in total. The molecule has 1 unspecified atom stereocenters. The summed E-state index contributed by atoms with van der Waals surface area (Å²) in [5, 5.41) is 14.1. The molecule has 0 bridgehead atoms. The van der Waals surface area contributed by atoms with Gasteiger partial charge in [0.05, 0.1) is 33.7 Å². The zero-order valence-corrected chi connectivity index (χ0v) is 18.5. The van der Waals surface area contributed by atoms with Gasteiger partial charge in [-0.05, 0) is 42.0 Å². The van der Waals surface area contributed by atoms with Gasteiger partial charge in [0.15, 0.2) is 5.65 Å². The number of pyridine rings is 2. The Balaban J connectivity index is 1.71. The van der Waals surface area contributed by atoms with E-state index in [0.717, 1.165) is 9.54 Å². The van der Waals surface area contributed by atoms with Crippen LogP contribution in [0.4, 0.5) is 11.4 Å². The fourth-order valence-corrected chi connectivity index (χ4v) is 4.48. The number of hydrogen-bond acceptors (Lipinski definition) is 7. The van der Waals surface area contributed by atoms with E-state index < -0.39 is 17.2 Å². The van der Waals surface area contributed by atoms with Crippen molar-refractivity contribution < 1.29 is 18.7 Å². The molecule has 10 heteroatoms. The van der Waals surface area contributed by atoms with E-state index in [2.05, 4.69) is 27.9 Å². The summed E-state index contributed by atoms with van der Waals surface area (Å²) in [6, 6.07) is 15.7. The average Bonchev–Trinajstić information content (AvgIpc) is 3.21. The van der Waals surface area contributed by atoms with Crippen LogP contribution in [-0.4, -0.2) is 33.8 Å². The summed E-state index contributed by atoms with van der Waals surface area (Å²) in [4.78, 5) is 20.8. The second-order valence-electron chi connectivity index (χ2n) is 7.19. The second kappa shape index (κ2) is 8.32. The van der Waals surface area contributed by atoms with Crippen LogP contribution >= 0.6 is 12.6 Å². The van der Waals surface area contributed by atoms with Crippen molar-refractivity contribution in [2.45, 2.75) is 4.90 Å². The maximum Gasteiger partial charge on any atom is 0.337 e. The zero-order valence-electron chi connectivity index (χ0n) is 16.8. The third kappa shape index (κ3) is 3.74. The van der Waals surface area contributed by atoms with E-state index in [9.17, 15) is 18.7 Å². The number of benzene rings is 2. The topological polar surface area (TPSA) is 120 Å². The maximum atomic E-state index is 11.7. The van der Waals surface area contributed by atoms with Crippen LogP contribution in [0.3, 0.4) is 0 Å². The monoisotopic (exact) mass is 475 g/mol. The third-order valence-corrected chi connectivity index (χ3v) is 6.21. The van der Waals surface area contributed by atoms with Crippen LogP contribution in [0.5, 0.6) is 0 Å². The summed E-state index contributed by atoms with van der Waals surface area (Å²) in [5.74, 6) is -1.05. The fraction of sp³-hybridized carbons (Fsp3) is 0. The second-order valence-corrected chi connectivity index (χ2v) is 8.50. The smallest absolute Gasteiger partial charge is 0.337 e. The molecule has 0 saturated heterocycles. The highest BCUT2D eigenvalue weighted by atomic mass is 32.2. The van der Waals surface area contributed by atoms with Gasteiger partial charge in [-0.3, -0.25) is 13.2 Å². The van der Waals surface area contributed by atoms with Crippen LogP contribution in [0, 0.1) is 0 Å². The first-order valence-electron chi connectivity index (χ1n) is 9.71. The van der Waals surface area contributed by atoms with Gasteiger partial charge in [0.2, 0.25) is 0 Å². The molecule has 0 amide bonds. The molecule has 0 aliphatic heterocycles. The number of nitrogens with one attached hydrogen (secondary N) is 1. The third-order valence-electron chi connectivity index (χ3n) is 5.27. The molecule has 33 heavy (non-hydrogen) atoms. The lowest BCUT2D eigenvalue weighted by Crippen LogP contribution is -2.03. The first-order chi connectivity index (χ1) is 15.9. The average molecular weight is 476 g/mol. The summed E-state index contributed by atoms with van der Waals surface area (Å²) >= 11 is 2.02. The number of carbonyl (C=O) groups is 1. The lowest BCUT2D eigenvalue weighted by Gasteiger charge is -2.14. The maximum absolute atomic E-state index is 11.7. The normalized spacial score (nSPS) is 12.2. The molecule has 0 radical (unpaired) electrons. The van der Waals surface area contributed by atoms with Gasteiger partial charge >= 0.3 is 5.97 Å². The Bertz CT molecular complexity index is 1580. The SMILES string of the molecule is O=C(O)c1ccccc1Nc1c(S)cnc2ccc(-c3cn(S(=O)[O-])c4ncccc34)cc12. The van der Waals surface area contributed by atoms with Crippen molar-refractivity contribution in [3.05, 3.63) is 78.8 Å². The van der Waals surface area contributed by atoms with E-state index in [-0.39, 0.29) is 5.56 Å². The summed E-state index contributed by atoms with van der Waals surface area (Å²) in [7, 11) is 0. The summed E-state index contributed by atoms with van der Waals surface area (Å²) in [6.45, 7) is 0. The highest BCUT2D eigenvalue weighted by molar-refractivity contribution is 7.80. The molecule has 0 saturated carbocycles. The first-order valence-corrected chi connectivity index (χ1v) is 11.2. The Hall–Kier alpha value is -3.73. The van der Waals surface area contributed by atoms with E-state index in [4.69, 9.17) is 0 Å². The minimum Gasteiger partial charge on any atom is -0.755 e. The number of anilines is 2. The molecule has 2 aromatic carbocycles. The molecular weight excluding hydrogens is 460 g/mol. The van der Waals surface area contributed by atoms with Crippen LogP contribution in [0.2, 0.25) is 0 Å². The molecule has 8 nitrogen and oxygen atoms in total. The van der Waals surface area contributed by atoms with Crippen molar-refractivity contribution in [2.24, 2.45) is 0 Å². The summed E-state index contributed by atoms with van der Waals surface area (Å²) < 4.78 is 24.5. The van der Waals surface area contributed by atoms with E-state index in [1.54, 1.807) is 36.5 Å². The van der Waals surface area contributed by atoms with Gasteiger partial charge in [-0.2, -0.15) is 0 Å². The molecule has 0 aliphatic rings. The van der Waals surface area contributed by atoms with E-state index in [1.807, 2.05) is 18.2 Å². The summed E-state index contributed by atoms with van der Waals surface area (Å²) in [5.41, 5.74) is 3.56. The molecule has 164 valence electrons. The van der Waals surface area contributed by atoms with Gasteiger partial charge < -0.3 is 15.0 Å². The van der Waals surface area contributed by atoms with Crippen LogP contribution in [0.25, 0.3) is 33.1 Å². The van der Waals surface area contributed by atoms with Gasteiger partial charge in [-0.25, -0.2) is 9.78 Å². The number of rotatable bonds is 5. The number of aromatic nitrogens is 3. The van der Waals surface area contributed by atoms with Gasteiger partial charge in [-0.1, -0.05) is 18.2 Å². The number of carboxylic acid groups (broad SMARTS) is 1. The van der Waals surface area contributed by atoms with Crippen LogP contribution in [0.15, 0.2) is 78.1 Å². The first kappa shape index (κ1) is 21.1. The molecule has 3 heterocycles. The van der Waals surface area contributed by atoms with Crippen molar-refractivity contribution >= 4 is 63.2 Å². The fourth-order valence-electron chi connectivity index (χ4n) is 3.77. The number of thiol groups is 1. The Morgan fingerprint density at radius 1 is 1.09 bits per heavy atom. The molecular formula is C23H15N4O4S2-. The Morgan fingerprint density at radius 3 is 2.70 bits per heavy atom. The van der Waals surface area contributed by atoms with Crippen LogP contribution < -0.4 is 5.32 Å². The Morgan fingerprint density at radius 2 is 1.91 bits per heavy atom. The molecule has 0 spiro atoms. The van der Waals surface area contributed by atoms with Gasteiger partial charge in [-0.15, -0.1) is 12.6 Å². The van der Waals surface area contributed by atoms with Crippen molar-refractivity contribution in [1.29, 1.82) is 0 Å². The highest BCUT2D eigenvalue weighted by Gasteiger charge is 2.16. The Kier molecular flexibility index (Phi) is 5.33. The largest absolute Gasteiger partial charge is 0.755 e. The predicted molar refractivity (Wildman–Crippen MR) is 129 cm³/mol. The lowest BCUT2D eigenvalue weighted by molar-refractivity contribution is 0.0698. The number of hydrogen-bond donors (Lipinski definition) is 3. The zero-order chi connectivity index (χ0) is 23.1. The van der Waals surface area contributed by atoms with Gasteiger partial charge in [0.1, 0.15) is 0 Å². The molecule has 3 aromatic heterocycles. The van der Waals surface area contributed by atoms with Crippen LogP contribution in [-0.2, 0) is 11.3 Å². The van der Waals surface area contributed by atoms with Crippen molar-refractivity contribution in [2.75, 3.05) is 5.32 Å². The van der Waals surface area contributed by atoms with E-state index in [1.165, 1.54) is 18.5 Å². The van der Waals surface area contributed by atoms with Gasteiger partial charge in [0, 0.05) is 39.8 Å². The summed E-state index contributed by atoms with van der Waals surface area (Å²) in [6.07, 6.45) is 4.65. The highest BCUT2D eigenvalue weighted by Crippen LogP contribution is 2.37. The number of para-hydroxylation sites is 1. The van der Waals surface area contributed by atoms with Gasteiger partial charge in [0.25, 0.3) is 0 Å². The minimum absolute atomic E-state index is 0.124. The number of aromatic carboxylic acids is 1. The van der Waals surface area contributed by atoms with E-state index in [0.29, 0.717) is 43.8 Å².